The number of hydrogen-bond donors (Lipinski definition) is 0. The number of terminal acetylenes is 1. The molecule has 1 aliphatic rings. The van der Waals surface area contributed by atoms with E-state index in [-0.39, 0.29) is 0 Å². The minimum Gasteiger partial charge on any atom is -0.244 e. The highest BCUT2D eigenvalue weighted by Crippen LogP contribution is 2.38. The molecule has 0 bridgehead atoms. The molecule has 0 radical (unpaired) electrons. The van der Waals surface area contributed by atoms with E-state index in [2.05, 4.69) is 32.9 Å². The SMILES string of the molecule is C#Cc1cccc(C2CCCC2Br)n1. The molecule has 2 atom stereocenters. The van der Waals surface area contributed by atoms with Crippen molar-refractivity contribution in [3.05, 3.63) is 29.6 Å². The van der Waals surface area contributed by atoms with E-state index in [4.69, 9.17) is 6.42 Å². The van der Waals surface area contributed by atoms with Gasteiger partial charge in [0.2, 0.25) is 0 Å². The third-order valence-electron chi connectivity index (χ3n) is 2.73. The first kappa shape index (κ1) is 9.73. The van der Waals surface area contributed by atoms with Crippen molar-refractivity contribution in [2.24, 2.45) is 0 Å². The van der Waals surface area contributed by atoms with E-state index in [1.807, 2.05) is 12.1 Å². The number of pyridine rings is 1. The van der Waals surface area contributed by atoms with E-state index in [0.29, 0.717) is 10.7 Å². The molecule has 1 aromatic heterocycles. The Bertz CT molecular complexity index is 367. The summed E-state index contributed by atoms with van der Waals surface area (Å²) in [5.74, 6) is 3.12. The van der Waals surface area contributed by atoms with Gasteiger partial charge in [-0.25, -0.2) is 4.98 Å². The summed E-state index contributed by atoms with van der Waals surface area (Å²) >= 11 is 3.70. The first-order chi connectivity index (χ1) is 6.81. The summed E-state index contributed by atoms with van der Waals surface area (Å²) in [7, 11) is 0. The number of halogens is 1. The van der Waals surface area contributed by atoms with Gasteiger partial charge in [-0.3, -0.25) is 0 Å². The van der Waals surface area contributed by atoms with E-state index in [1.165, 1.54) is 19.3 Å². The summed E-state index contributed by atoms with van der Waals surface area (Å²) in [6, 6.07) is 5.95. The monoisotopic (exact) mass is 249 g/mol. The van der Waals surface area contributed by atoms with Crippen LogP contribution in [0.1, 0.15) is 36.6 Å². The Morgan fingerprint density at radius 1 is 1.43 bits per heavy atom. The van der Waals surface area contributed by atoms with Crippen molar-refractivity contribution in [3.63, 3.8) is 0 Å². The minimum absolute atomic E-state index is 0.545. The molecular weight excluding hydrogens is 238 g/mol. The third kappa shape index (κ3) is 1.83. The van der Waals surface area contributed by atoms with Crippen LogP contribution in [0, 0.1) is 12.3 Å². The zero-order valence-corrected chi connectivity index (χ0v) is 9.50. The zero-order chi connectivity index (χ0) is 9.97. The highest BCUT2D eigenvalue weighted by atomic mass is 79.9. The van der Waals surface area contributed by atoms with Gasteiger partial charge in [0.1, 0.15) is 5.69 Å². The number of alkyl halides is 1. The average Bonchev–Trinajstić information content (AvgIpc) is 2.65. The van der Waals surface area contributed by atoms with Crippen molar-refractivity contribution >= 4 is 15.9 Å². The van der Waals surface area contributed by atoms with Crippen molar-refractivity contribution in [2.75, 3.05) is 0 Å². The van der Waals surface area contributed by atoms with Crippen LogP contribution in [0.4, 0.5) is 0 Å². The third-order valence-corrected chi connectivity index (χ3v) is 3.83. The van der Waals surface area contributed by atoms with Crippen molar-refractivity contribution < 1.29 is 0 Å². The molecule has 1 heterocycles. The molecule has 1 fully saturated rings. The second-order valence-electron chi connectivity index (χ2n) is 3.65. The Balaban J connectivity index is 2.28. The minimum atomic E-state index is 0.545. The van der Waals surface area contributed by atoms with E-state index in [1.54, 1.807) is 0 Å². The summed E-state index contributed by atoms with van der Waals surface area (Å²) < 4.78 is 0. The molecule has 1 aromatic rings. The van der Waals surface area contributed by atoms with Crippen molar-refractivity contribution in [1.82, 2.24) is 4.98 Å². The molecule has 2 unspecified atom stereocenters. The Morgan fingerprint density at radius 2 is 2.29 bits per heavy atom. The van der Waals surface area contributed by atoms with Crippen LogP contribution in [0.2, 0.25) is 0 Å². The Morgan fingerprint density at radius 3 is 2.93 bits per heavy atom. The predicted molar refractivity (Wildman–Crippen MR) is 61.5 cm³/mol. The first-order valence-electron chi connectivity index (χ1n) is 4.89. The molecule has 0 amide bonds. The Labute approximate surface area is 93.1 Å². The second kappa shape index (κ2) is 4.14. The molecule has 2 rings (SSSR count). The molecule has 0 aliphatic heterocycles. The number of nitrogens with zero attached hydrogens (tertiary/aromatic N) is 1. The summed E-state index contributed by atoms with van der Waals surface area (Å²) in [4.78, 5) is 5.03. The van der Waals surface area contributed by atoms with Crippen LogP contribution < -0.4 is 0 Å². The van der Waals surface area contributed by atoms with Gasteiger partial charge in [0.15, 0.2) is 0 Å². The van der Waals surface area contributed by atoms with Crippen molar-refractivity contribution in [3.8, 4) is 12.3 Å². The molecule has 0 N–H and O–H groups in total. The largest absolute Gasteiger partial charge is 0.244 e. The van der Waals surface area contributed by atoms with Crippen LogP contribution in [0.5, 0.6) is 0 Å². The van der Waals surface area contributed by atoms with Gasteiger partial charge in [0.25, 0.3) is 0 Å². The quantitative estimate of drug-likeness (QED) is 0.551. The molecule has 0 saturated heterocycles. The number of hydrogen-bond acceptors (Lipinski definition) is 1. The van der Waals surface area contributed by atoms with Crippen LogP contribution in [0.25, 0.3) is 0 Å². The maximum absolute atomic E-state index is 5.33. The summed E-state index contributed by atoms with van der Waals surface area (Å²) in [5, 5.41) is 0. The first-order valence-corrected chi connectivity index (χ1v) is 5.80. The molecule has 1 nitrogen and oxygen atoms in total. The smallest absolute Gasteiger partial charge is 0.113 e. The van der Waals surface area contributed by atoms with E-state index in [0.717, 1.165) is 11.4 Å². The highest BCUT2D eigenvalue weighted by Gasteiger charge is 2.27. The van der Waals surface area contributed by atoms with E-state index in [9.17, 15) is 0 Å². The van der Waals surface area contributed by atoms with Crippen LogP contribution in [-0.2, 0) is 0 Å². The van der Waals surface area contributed by atoms with Gasteiger partial charge >= 0.3 is 0 Å². The maximum atomic E-state index is 5.33. The van der Waals surface area contributed by atoms with Crippen LogP contribution in [-0.4, -0.2) is 9.81 Å². The van der Waals surface area contributed by atoms with E-state index >= 15 is 0 Å². The van der Waals surface area contributed by atoms with Gasteiger partial charge in [0.05, 0.1) is 0 Å². The Kier molecular flexibility index (Phi) is 2.88. The van der Waals surface area contributed by atoms with Crippen LogP contribution in [0.15, 0.2) is 18.2 Å². The maximum Gasteiger partial charge on any atom is 0.113 e. The van der Waals surface area contributed by atoms with Gasteiger partial charge in [0, 0.05) is 16.4 Å². The van der Waals surface area contributed by atoms with Gasteiger partial charge in [-0.05, 0) is 25.0 Å². The zero-order valence-electron chi connectivity index (χ0n) is 7.91. The van der Waals surface area contributed by atoms with Crippen molar-refractivity contribution in [1.29, 1.82) is 0 Å². The predicted octanol–water partition coefficient (Wildman–Crippen LogP) is 3.09. The van der Waals surface area contributed by atoms with Gasteiger partial charge in [-0.2, -0.15) is 0 Å². The molecule has 0 spiro atoms. The fourth-order valence-electron chi connectivity index (χ4n) is 1.99. The van der Waals surface area contributed by atoms with E-state index < -0.39 is 0 Å². The average molecular weight is 250 g/mol. The van der Waals surface area contributed by atoms with Crippen LogP contribution >= 0.6 is 15.9 Å². The normalized spacial score (nSPS) is 26.0. The second-order valence-corrected chi connectivity index (χ2v) is 4.82. The van der Waals surface area contributed by atoms with Crippen LogP contribution in [0.3, 0.4) is 0 Å². The summed E-state index contributed by atoms with van der Waals surface area (Å²) in [6.45, 7) is 0. The summed E-state index contributed by atoms with van der Waals surface area (Å²) in [6.07, 6.45) is 9.07. The molecule has 1 aliphatic carbocycles. The topological polar surface area (TPSA) is 12.9 Å². The lowest BCUT2D eigenvalue weighted by molar-refractivity contribution is 0.714. The summed E-state index contributed by atoms with van der Waals surface area (Å²) in [5.41, 5.74) is 1.88. The highest BCUT2D eigenvalue weighted by molar-refractivity contribution is 9.09. The lowest BCUT2D eigenvalue weighted by atomic mass is 10.0. The molecule has 0 aromatic carbocycles. The van der Waals surface area contributed by atoms with Gasteiger partial charge in [-0.15, -0.1) is 6.42 Å². The fourth-order valence-corrected chi connectivity index (χ4v) is 2.85. The molecular formula is C12H12BrN. The van der Waals surface area contributed by atoms with Crippen molar-refractivity contribution in [2.45, 2.75) is 30.0 Å². The van der Waals surface area contributed by atoms with Gasteiger partial charge < -0.3 is 0 Å². The molecule has 14 heavy (non-hydrogen) atoms. The molecule has 2 heteroatoms. The van der Waals surface area contributed by atoms with Gasteiger partial charge in [-0.1, -0.05) is 34.3 Å². The fraction of sp³-hybridized carbons (Fsp3) is 0.417. The lowest BCUT2D eigenvalue weighted by Crippen LogP contribution is -2.06. The molecule has 72 valence electrons. The number of aromatic nitrogens is 1. The standard InChI is InChI=1S/C12H12BrN/c1-2-9-5-3-8-12(14-9)10-6-4-7-11(10)13/h1,3,5,8,10-11H,4,6-7H2. The Hall–Kier alpha value is -0.810. The number of rotatable bonds is 1. The molecule has 1 saturated carbocycles. The lowest BCUT2D eigenvalue weighted by Gasteiger charge is -2.12.